The number of benzene rings is 3. The fourth-order valence-electron chi connectivity index (χ4n) is 2.73. The van der Waals surface area contributed by atoms with Gasteiger partial charge in [-0.3, -0.25) is 0 Å². The Morgan fingerprint density at radius 2 is 1.00 bits per heavy atom. The molecule has 0 radical (unpaired) electrons. The smallest absolute Gasteiger partial charge is 0.207 e. The SMILES string of the molecule is Fc1ccc(/C(=C(/c2ccccc2)C(F)(F)F)c2ccccc2)cc1. The number of alkyl halides is 3. The fraction of sp³-hybridized carbons (Fsp3) is 0.0476. The molecule has 0 N–H and O–H groups in total. The van der Waals surface area contributed by atoms with Crippen LogP contribution in [-0.4, -0.2) is 6.18 Å². The van der Waals surface area contributed by atoms with Crippen molar-refractivity contribution in [2.75, 3.05) is 0 Å². The Morgan fingerprint density at radius 3 is 1.48 bits per heavy atom. The summed E-state index contributed by atoms with van der Waals surface area (Å²) in [5, 5.41) is 0. The molecule has 0 aliphatic rings. The molecule has 0 aliphatic carbocycles. The van der Waals surface area contributed by atoms with Crippen molar-refractivity contribution in [3.63, 3.8) is 0 Å². The van der Waals surface area contributed by atoms with Crippen LogP contribution in [0.2, 0.25) is 0 Å². The Morgan fingerprint density at radius 1 is 0.560 bits per heavy atom. The molecule has 3 rings (SSSR count). The van der Waals surface area contributed by atoms with Crippen LogP contribution < -0.4 is 0 Å². The quantitative estimate of drug-likeness (QED) is 0.384. The number of allylic oxidation sites excluding steroid dienone is 1. The normalized spacial score (nSPS) is 12.6. The maximum absolute atomic E-state index is 14.0. The third kappa shape index (κ3) is 3.79. The first-order valence-corrected chi connectivity index (χ1v) is 7.65. The van der Waals surface area contributed by atoms with E-state index in [0.29, 0.717) is 11.1 Å². The van der Waals surface area contributed by atoms with Crippen LogP contribution in [0, 0.1) is 5.82 Å². The predicted octanol–water partition coefficient (Wildman–Crippen LogP) is 6.35. The number of hydrogen-bond acceptors (Lipinski definition) is 0. The largest absolute Gasteiger partial charge is 0.417 e. The van der Waals surface area contributed by atoms with Crippen LogP contribution in [0.15, 0.2) is 84.9 Å². The van der Waals surface area contributed by atoms with Crippen LogP contribution >= 0.6 is 0 Å². The molecule has 3 aromatic carbocycles. The van der Waals surface area contributed by atoms with Crippen molar-refractivity contribution in [2.45, 2.75) is 6.18 Å². The maximum Gasteiger partial charge on any atom is 0.417 e. The van der Waals surface area contributed by atoms with Crippen molar-refractivity contribution in [3.8, 4) is 0 Å². The van der Waals surface area contributed by atoms with Gasteiger partial charge >= 0.3 is 6.18 Å². The van der Waals surface area contributed by atoms with E-state index < -0.39 is 17.6 Å². The molecule has 0 aliphatic heterocycles. The second-order valence-corrected chi connectivity index (χ2v) is 5.49. The lowest BCUT2D eigenvalue weighted by atomic mass is 9.89. The zero-order valence-electron chi connectivity index (χ0n) is 13.1. The molecule has 0 unspecified atom stereocenters. The first kappa shape index (κ1) is 17.0. The number of halogens is 4. The minimum atomic E-state index is -4.57. The van der Waals surface area contributed by atoms with E-state index in [0.717, 1.165) is 12.1 Å². The van der Waals surface area contributed by atoms with Crippen LogP contribution in [0.5, 0.6) is 0 Å². The first-order chi connectivity index (χ1) is 12.0. The van der Waals surface area contributed by atoms with Gasteiger partial charge in [-0.2, -0.15) is 13.2 Å². The Balaban J connectivity index is 2.37. The highest BCUT2D eigenvalue weighted by atomic mass is 19.4. The van der Waals surface area contributed by atoms with Gasteiger partial charge in [0.05, 0.1) is 5.57 Å². The average Bonchev–Trinajstić information content (AvgIpc) is 2.61. The Bertz CT molecular complexity index is 861. The highest BCUT2D eigenvalue weighted by Crippen LogP contribution is 2.42. The van der Waals surface area contributed by atoms with E-state index in [4.69, 9.17) is 0 Å². The molecule has 0 amide bonds. The van der Waals surface area contributed by atoms with Gasteiger partial charge in [-0.1, -0.05) is 72.8 Å². The van der Waals surface area contributed by atoms with Gasteiger partial charge in [-0.05, 0) is 28.8 Å². The molecule has 126 valence electrons. The monoisotopic (exact) mass is 342 g/mol. The minimum Gasteiger partial charge on any atom is -0.207 e. The van der Waals surface area contributed by atoms with Crippen molar-refractivity contribution in [2.24, 2.45) is 0 Å². The van der Waals surface area contributed by atoms with E-state index in [1.165, 1.54) is 24.3 Å². The van der Waals surface area contributed by atoms with E-state index in [9.17, 15) is 17.6 Å². The summed E-state index contributed by atoms with van der Waals surface area (Å²) in [5.41, 5.74) is 0.0810. The summed E-state index contributed by atoms with van der Waals surface area (Å²) >= 11 is 0. The highest BCUT2D eigenvalue weighted by molar-refractivity contribution is 6.00. The topological polar surface area (TPSA) is 0 Å². The van der Waals surface area contributed by atoms with Crippen molar-refractivity contribution in [1.29, 1.82) is 0 Å². The molecule has 4 heteroatoms. The van der Waals surface area contributed by atoms with Gasteiger partial charge in [0.2, 0.25) is 0 Å². The Labute approximate surface area is 143 Å². The van der Waals surface area contributed by atoms with E-state index in [1.54, 1.807) is 48.5 Å². The molecule has 0 atom stereocenters. The standard InChI is InChI=1S/C21H14F4/c22-18-13-11-16(12-14-18)19(15-7-3-1-4-8-15)20(21(23,24)25)17-9-5-2-6-10-17/h1-14H/b20-19-. The van der Waals surface area contributed by atoms with Crippen LogP contribution in [0.4, 0.5) is 17.6 Å². The van der Waals surface area contributed by atoms with E-state index in [-0.39, 0.29) is 11.1 Å². The molecule has 0 saturated carbocycles. The summed E-state index contributed by atoms with van der Waals surface area (Å²) in [6, 6.07) is 21.0. The van der Waals surface area contributed by atoms with Crippen molar-refractivity contribution >= 4 is 11.1 Å². The molecule has 3 aromatic rings. The highest BCUT2D eigenvalue weighted by Gasteiger charge is 2.38. The van der Waals surface area contributed by atoms with Gasteiger partial charge in [-0.25, -0.2) is 4.39 Å². The molecule has 0 aromatic heterocycles. The van der Waals surface area contributed by atoms with Crippen LogP contribution in [0.25, 0.3) is 11.1 Å². The van der Waals surface area contributed by atoms with E-state index in [2.05, 4.69) is 0 Å². The zero-order chi connectivity index (χ0) is 17.9. The van der Waals surface area contributed by atoms with E-state index in [1.807, 2.05) is 0 Å². The molecule has 0 heterocycles. The lowest BCUT2D eigenvalue weighted by molar-refractivity contribution is -0.0685. The van der Waals surface area contributed by atoms with Crippen LogP contribution in [-0.2, 0) is 0 Å². The second-order valence-electron chi connectivity index (χ2n) is 5.49. The molecule has 0 fully saturated rings. The summed E-state index contributed by atoms with van der Waals surface area (Å²) in [6.45, 7) is 0. The van der Waals surface area contributed by atoms with Gasteiger partial charge in [-0.15, -0.1) is 0 Å². The minimum absolute atomic E-state index is 0.0271. The molecule has 0 spiro atoms. The van der Waals surface area contributed by atoms with Gasteiger partial charge < -0.3 is 0 Å². The summed E-state index contributed by atoms with van der Waals surface area (Å²) in [7, 11) is 0. The van der Waals surface area contributed by atoms with Crippen LogP contribution in [0.1, 0.15) is 16.7 Å². The summed E-state index contributed by atoms with van der Waals surface area (Å²) < 4.78 is 55.2. The van der Waals surface area contributed by atoms with E-state index >= 15 is 0 Å². The van der Waals surface area contributed by atoms with Crippen molar-refractivity contribution in [3.05, 3.63) is 107 Å². The Kier molecular flexibility index (Phi) is 4.70. The van der Waals surface area contributed by atoms with Gasteiger partial charge in [0, 0.05) is 5.57 Å². The predicted molar refractivity (Wildman–Crippen MR) is 91.3 cm³/mol. The van der Waals surface area contributed by atoms with Crippen molar-refractivity contribution in [1.82, 2.24) is 0 Å². The number of hydrogen-bond donors (Lipinski definition) is 0. The molecule has 0 bridgehead atoms. The summed E-state index contributed by atoms with van der Waals surface area (Å²) in [6.07, 6.45) is -4.57. The third-order valence-electron chi connectivity index (χ3n) is 3.79. The maximum atomic E-state index is 14.0. The first-order valence-electron chi connectivity index (χ1n) is 7.65. The van der Waals surface area contributed by atoms with Gasteiger partial charge in [0.25, 0.3) is 0 Å². The molecule has 25 heavy (non-hydrogen) atoms. The molecule has 0 saturated heterocycles. The van der Waals surface area contributed by atoms with Crippen LogP contribution in [0.3, 0.4) is 0 Å². The fourth-order valence-corrected chi connectivity index (χ4v) is 2.73. The van der Waals surface area contributed by atoms with Crippen molar-refractivity contribution < 1.29 is 17.6 Å². The second kappa shape index (κ2) is 6.93. The zero-order valence-corrected chi connectivity index (χ0v) is 13.1. The summed E-state index contributed by atoms with van der Waals surface area (Å²) in [5.74, 6) is -0.496. The third-order valence-corrected chi connectivity index (χ3v) is 3.79. The number of rotatable bonds is 3. The molecular weight excluding hydrogens is 328 g/mol. The summed E-state index contributed by atoms with van der Waals surface area (Å²) in [4.78, 5) is 0. The Hall–Kier alpha value is -2.88. The lowest BCUT2D eigenvalue weighted by Crippen LogP contribution is -2.14. The molecular formula is C21H14F4. The van der Waals surface area contributed by atoms with Gasteiger partial charge in [0.1, 0.15) is 5.82 Å². The lowest BCUT2D eigenvalue weighted by Gasteiger charge is -2.19. The average molecular weight is 342 g/mol. The molecule has 0 nitrogen and oxygen atoms in total. The van der Waals surface area contributed by atoms with Gasteiger partial charge in [0.15, 0.2) is 0 Å².